The smallest absolute Gasteiger partial charge is 0.225 e. The van der Waals surface area contributed by atoms with E-state index in [4.69, 9.17) is 5.73 Å². The quantitative estimate of drug-likeness (QED) is 0.796. The maximum Gasteiger partial charge on any atom is 0.225 e. The number of piperidine rings is 1. The molecule has 2 saturated heterocycles. The number of amides is 1. The minimum atomic E-state index is -3.14. The molecule has 3 aliphatic rings. The molecule has 0 bridgehead atoms. The van der Waals surface area contributed by atoms with Gasteiger partial charge in [0, 0.05) is 38.1 Å². The first-order valence-electron chi connectivity index (χ1n) is 9.44. The van der Waals surface area contributed by atoms with Crippen LogP contribution in [0.4, 0.5) is 0 Å². The highest BCUT2D eigenvalue weighted by molar-refractivity contribution is 7.89. The normalized spacial score (nSPS) is 32.2. The van der Waals surface area contributed by atoms with E-state index in [0.29, 0.717) is 44.2 Å². The van der Waals surface area contributed by atoms with Crippen molar-refractivity contribution in [1.82, 2.24) is 9.21 Å². The maximum atomic E-state index is 12.8. The van der Waals surface area contributed by atoms with Crippen molar-refractivity contribution in [2.75, 3.05) is 31.9 Å². The summed E-state index contributed by atoms with van der Waals surface area (Å²) in [7, 11) is -3.14. The number of nitrogens with zero attached hydrogens (tertiary/aromatic N) is 2. The van der Waals surface area contributed by atoms with E-state index >= 15 is 0 Å². The molecule has 3 atom stereocenters. The monoisotopic (exact) mass is 357 g/mol. The Morgan fingerprint density at radius 1 is 1.12 bits per heavy atom. The second-order valence-corrected chi connectivity index (χ2v) is 9.84. The fraction of sp³-hybridized carbons (Fsp3) is 0.941. The lowest BCUT2D eigenvalue weighted by molar-refractivity contribution is -0.136. The van der Waals surface area contributed by atoms with Crippen LogP contribution < -0.4 is 5.73 Å². The van der Waals surface area contributed by atoms with Gasteiger partial charge in [0.2, 0.25) is 15.9 Å². The van der Waals surface area contributed by atoms with Gasteiger partial charge >= 0.3 is 0 Å². The number of hydrogen-bond acceptors (Lipinski definition) is 4. The lowest BCUT2D eigenvalue weighted by Gasteiger charge is -2.32. The van der Waals surface area contributed by atoms with Crippen molar-refractivity contribution in [3.63, 3.8) is 0 Å². The fourth-order valence-electron chi connectivity index (χ4n) is 4.58. The van der Waals surface area contributed by atoms with Crippen molar-refractivity contribution in [3.05, 3.63) is 0 Å². The molecule has 2 heterocycles. The third-order valence-electron chi connectivity index (χ3n) is 6.18. The van der Waals surface area contributed by atoms with E-state index in [1.807, 2.05) is 11.8 Å². The molecule has 0 aromatic heterocycles. The van der Waals surface area contributed by atoms with Crippen LogP contribution >= 0.6 is 0 Å². The van der Waals surface area contributed by atoms with Crippen LogP contribution in [0, 0.1) is 17.8 Å². The number of sulfonamides is 1. The molecule has 2 aliphatic heterocycles. The highest BCUT2D eigenvalue weighted by atomic mass is 32.2. The second kappa shape index (κ2) is 7.30. The van der Waals surface area contributed by atoms with Gasteiger partial charge in [0.15, 0.2) is 0 Å². The molecule has 7 heteroatoms. The summed E-state index contributed by atoms with van der Waals surface area (Å²) in [5, 5.41) is 0. The minimum absolute atomic E-state index is 0.0160. The zero-order valence-corrected chi connectivity index (χ0v) is 15.5. The third kappa shape index (κ3) is 3.63. The molecule has 1 saturated carbocycles. The van der Waals surface area contributed by atoms with Crippen LogP contribution in [0.5, 0.6) is 0 Å². The first kappa shape index (κ1) is 18.1. The summed E-state index contributed by atoms with van der Waals surface area (Å²) < 4.78 is 26.1. The number of hydrogen-bond donors (Lipinski definition) is 1. The van der Waals surface area contributed by atoms with Crippen LogP contribution in [0.3, 0.4) is 0 Å². The van der Waals surface area contributed by atoms with Gasteiger partial charge in [-0.15, -0.1) is 0 Å². The Kier molecular flexibility index (Phi) is 5.52. The Balaban J connectivity index is 1.51. The van der Waals surface area contributed by atoms with Crippen molar-refractivity contribution in [2.45, 2.75) is 51.5 Å². The number of nitrogens with two attached hydrogens (primary N) is 1. The number of unbranched alkanes of at least 4 members (excludes halogenated alkanes) is 1. The fourth-order valence-corrected chi connectivity index (χ4v) is 6.26. The van der Waals surface area contributed by atoms with Gasteiger partial charge in [-0.2, -0.15) is 0 Å². The van der Waals surface area contributed by atoms with E-state index in [0.717, 1.165) is 32.4 Å². The molecule has 0 aromatic rings. The average Bonchev–Trinajstić information content (AvgIpc) is 3.15. The number of rotatable bonds is 5. The minimum Gasteiger partial charge on any atom is -0.342 e. The first-order valence-corrected chi connectivity index (χ1v) is 11.1. The topological polar surface area (TPSA) is 83.7 Å². The van der Waals surface area contributed by atoms with E-state index in [-0.39, 0.29) is 23.6 Å². The largest absolute Gasteiger partial charge is 0.342 e. The molecule has 6 nitrogen and oxygen atoms in total. The molecule has 2 N–H and O–H groups in total. The van der Waals surface area contributed by atoms with Crippen LogP contribution in [0.25, 0.3) is 0 Å². The molecule has 3 fully saturated rings. The SMILES string of the molecule is CCCCS(=O)(=O)N1CCC(C(=O)N2CC3CCC(N)C3C2)CC1. The molecule has 0 spiro atoms. The predicted octanol–water partition coefficient (Wildman–Crippen LogP) is 1.02. The van der Waals surface area contributed by atoms with Crippen molar-refractivity contribution in [3.8, 4) is 0 Å². The van der Waals surface area contributed by atoms with E-state index in [1.54, 1.807) is 4.31 Å². The van der Waals surface area contributed by atoms with E-state index in [9.17, 15) is 13.2 Å². The van der Waals surface area contributed by atoms with Gasteiger partial charge in [-0.3, -0.25) is 4.79 Å². The van der Waals surface area contributed by atoms with Gasteiger partial charge in [0.05, 0.1) is 5.75 Å². The lowest BCUT2D eigenvalue weighted by atomic mass is 9.96. The highest BCUT2D eigenvalue weighted by Gasteiger charge is 2.44. The van der Waals surface area contributed by atoms with Crippen molar-refractivity contribution < 1.29 is 13.2 Å². The van der Waals surface area contributed by atoms with Crippen LogP contribution in [0.1, 0.15) is 45.4 Å². The van der Waals surface area contributed by atoms with Crippen molar-refractivity contribution in [2.24, 2.45) is 23.5 Å². The van der Waals surface area contributed by atoms with Gasteiger partial charge in [-0.05, 0) is 43.9 Å². The number of carbonyl (C=O) groups excluding carboxylic acids is 1. The van der Waals surface area contributed by atoms with E-state index in [1.165, 1.54) is 0 Å². The molecule has 1 amide bonds. The Morgan fingerprint density at radius 2 is 1.83 bits per heavy atom. The average molecular weight is 358 g/mol. The van der Waals surface area contributed by atoms with Crippen LogP contribution in [0.15, 0.2) is 0 Å². The summed E-state index contributed by atoms with van der Waals surface area (Å²) in [5.41, 5.74) is 6.16. The molecule has 0 aromatic carbocycles. The van der Waals surface area contributed by atoms with Gasteiger partial charge in [0.25, 0.3) is 0 Å². The Morgan fingerprint density at radius 3 is 2.46 bits per heavy atom. The molecule has 1 aliphatic carbocycles. The number of fused-ring (bicyclic) bond motifs is 1. The highest BCUT2D eigenvalue weighted by Crippen LogP contribution is 2.38. The van der Waals surface area contributed by atoms with Crippen molar-refractivity contribution in [1.29, 1.82) is 0 Å². The maximum absolute atomic E-state index is 12.8. The summed E-state index contributed by atoms with van der Waals surface area (Å²) in [6.07, 6.45) is 5.13. The summed E-state index contributed by atoms with van der Waals surface area (Å²) in [4.78, 5) is 14.8. The summed E-state index contributed by atoms with van der Waals surface area (Å²) in [5.74, 6) is 1.50. The molecular formula is C17H31N3O3S. The molecule has 0 radical (unpaired) electrons. The standard InChI is InChI=1S/C17H31N3O3S/c1-2-3-10-24(22,23)20-8-6-13(7-9-20)17(21)19-11-14-4-5-16(18)15(14)12-19/h13-16H,2-12,18H2,1H3. The Labute approximate surface area is 145 Å². The summed E-state index contributed by atoms with van der Waals surface area (Å²) in [6, 6.07) is 0.248. The Bertz CT molecular complexity index is 557. The van der Waals surface area contributed by atoms with Gasteiger partial charge in [-0.1, -0.05) is 13.3 Å². The number of carbonyl (C=O) groups is 1. The molecule has 24 heavy (non-hydrogen) atoms. The second-order valence-electron chi connectivity index (χ2n) is 7.75. The molecule has 138 valence electrons. The molecule has 3 unspecified atom stereocenters. The summed E-state index contributed by atoms with van der Waals surface area (Å²) >= 11 is 0. The van der Waals surface area contributed by atoms with Crippen LogP contribution in [0.2, 0.25) is 0 Å². The molecule has 3 rings (SSSR count). The zero-order chi connectivity index (χ0) is 17.3. The Hall–Kier alpha value is -0.660. The van der Waals surface area contributed by atoms with Crippen LogP contribution in [-0.4, -0.2) is 61.5 Å². The molecular weight excluding hydrogens is 326 g/mol. The summed E-state index contributed by atoms with van der Waals surface area (Å²) in [6.45, 7) is 4.63. The lowest BCUT2D eigenvalue weighted by Crippen LogP contribution is -2.45. The number of likely N-dealkylation sites (tertiary alicyclic amines) is 1. The van der Waals surface area contributed by atoms with Gasteiger partial charge in [-0.25, -0.2) is 12.7 Å². The van der Waals surface area contributed by atoms with Crippen molar-refractivity contribution >= 4 is 15.9 Å². The van der Waals surface area contributed by atoms with Gasteiger partial charge < -0.3 is 10.6 Å². The van der Waals surface area contributed by atoms with E-state index in [2.05, 4.69) is 0 Å². The first-order chi connectivity index (χ1) is 11.4. The zero-order valence-electron chi connectivity index (χ0n) is 14.7. The van der Waals surface area contributed by atoms with Gasteiger partial charge in [0.1, 0.15) is 0 Å². The predicted molar refractivity (Wildman–Crippen MR) is 93.8 cm³/mol. The van der Waals surface area contributed by atoms with Crippen LogP contribution in [-0.2, 0) is 14.8 Å². The third-order valence-corrected chi connectivity index (χ3v) is 8.13. The van der Waals surface area contributed by atoms with E-state index < -0.39 is 10.0 Å².